The van der Waals surface area contributed by atoms with Crippen LogP contribution in [0.25, 0.3) is 0 Å². The number of piperazine rings is 1. The average molecular weight is 635 g/mol. The third-order valence-corrected chi connectivity index (χ3v) is 9.83. The van der Waals surface area contributed by atoms with Gasteiger partial charge in [0.05, 0.1) is 24.2 Å². The van der Waals surface area contributed by atoms with E-state index in [1.54, 1.807) is 4.90 Å². The number of likely N-dealkylation sites (tertiary alicyclic amines) is 1. The van der Waals surface area contributed by atoms with E-state index in [0.717, 1.165) is 74.4 Å². The fraction of sp³-hybridized carbons (Fsp3) is 0.562. The highest BCUT2D eigenvalue weighted by Gasteiger charge is 2.35. The van der Waals surface area contributed by atoms with Crippen LogP contribution < -0.4 is 9.64 Å². The molecule has 0 spiro atoms. The van der Waals surface area contributed by atoms with Crippen LogP contribution in [-0.2, 0) is 30.6 Å². The first-order chi connectivity index (χ1) is 20.5. The number of ether oxygens (including phenoxy) is 1. The number of rotatable bonds is 8. The van der Waals surface area contributed by atoms with Gasteiger partial charge in [0, 0.05) is 61.8 Å². The first kappa shape index (κ1) is 29.1. The van der Waals surface area contributed by atoms with Crippen molar-refractivity contribution in [3.8, 4) is 12.1 Å². The van der Waals surface area contributed by atoms with Crippen molar-refractivity contribution in [1.29, 1.82) is 5.26 Å². The monoisotopic (exact) mass is 633 g/mol. The largest absolute Gasteiger partial charge is 0.462 e. The number of fused-ring (bicyclic) bond motifs is 2. The summed E-state index contributed by atoms with van der Waals surface area (Å²) in [6.45, 7) is 11.1. The minimum absolute atomic E-state index is 0.121. The van der Waals surface area contributed by atoms with E-state index in [0.29, 0.717) is 38.3 Å². The van der Waals surface area contributed by atoms with Crippen LogP contribution in [0.4, 0.5) is 5.82 Å². The van der Waals surface area contributed by atoms with E-state index in [-0.39, 0.29) is 18.4 Å². The lowest BCUT2D eigenvalue weighted by atomic mass is 9.88. The third-order valence-electron chi connectivity index (χ3n) is 9.34. The second-order valence-corrected chi connectivity index (χ2v) is 12.8. The summed E-state index contributed by atoms with van der Waals surface area (Å²) in [6, 6.07) is 9.59. The molecule has 2 aromatic rings. The number of nitriles is 1. The average Bonchev–Trinajstić information content (AvgIpc) is 3.53. The van der Waals surface area contributed by atoms with Gasteiger partial charge in [-0.3, -0.25) is 14.6 Å². The van der Waals surface area contributed by atoms with E-state index in [9.17, 15) is 10.1 Å². The summed E-state index contributed by atoms with van der Waals surface area (Å²) >= 11 is 3.62. The number of carbonyl (C=O) groups excluding carboxylic acids is 1. The summed E-state index contributed by atoms with van der Waals surface area (Å²) in [5, 5.41) is 9.51. The first-order valence-corrected chi connectivity index (χ1v) is 16.1. The molecule has 222 valence electrons. The molecule has 4 aliphatic rings. The number of benzene rings is 1. The van der Waals surface area contributed by atoms with Crippen LogP contribution in [0.5, 0.6) is 6.01 Å². The molecule has 2 atom stereocenters. The van der Waals surface area contributed by atoms with Gasteiger partial charge in [0.15, 0.2) is 0 Å². The van der Waals surface area contributed by atoms with E-state index in [1.807, 2.05) is 0 Å². The van der Waals surface area contributed by atoms with Crippen molar-refractivity contribution in [2.45, 2.75) is 63.6 Å². The van der Waals surface area contributed by atoms with Crippen LogP contribution in [0, 0.1) is 11.3 Å². The summed E-state index contributed by atoms with van der Waals surface area (Å²) < 4.78 is 7.36. The van der Waals surface area contributed by atoms with Gasteiger partial charge in [-0.25, -0.2) is 0 Å². The quantitative estimate of drug-likeness (QED) is 0.406. The van der Waals surface area contributed by atoms with Crippen LogP contribution in [-0.4, -0.2) is 95.1 Å². The third kappa shape index (κ3) is 6.34. The zero-order valence-corrected chi connectivity index (χ0v) is 25.9. The normalized spacial score (nSPS) is 22.8. The number of nitrogens with zero attached hydrogens (tertiary/aromatic N) is 7. The van der Waals surface area contributed by atoms with Gasteiger partial charge in [-0.05, 0) is 74.5 Å². The number of anilines is 1. The molecule has 42 heavy (non-hydrogen) atoms. The zero-order valence-electron chi connectivity index (χ0n) is 24.3. The van der Waals surface area contributed by atoms with Crippen LogP contribution in [0.15, 0.2) is 35.3 Å². The molecule has 2 saturated heterocycles. The SMILES string of the molecule is C=CC(=O)N1CCN(c2nc(OCCN3CCCC3)nc3c2CCC(N2CCc4cc(Br)ccc4C2)C3)CC1CC#N. The first-order valence-electron chi connectivity index (χ1n) is 15.3. The fourth-order valence-corrected chi connectivity index (χ4v) is 7.46. The van der Waals surface area contributed by atoms with Gasteiger partial charge < -0.3 is 14.5 Å². The van der Waals surface area contributed by atoms with E-state index in [2.05, 4.69) is 61.5 Å². The van der Waals surface area contributed by atoms with Crippen molar-refractivity contribution >= 4 is 27.7 Å². The minimum atomic E-state index is -0.204. The highest BCUT2D eigenvalue weighted by atomic mass is 79.9. The summed E-state index contributed by atoms with van der Waals surface area (Å²) in [4.78, 5) is 31.6. The van der Waals surface area contributed by atoms with Gasteiger partial charge in [-0.1, -0.05) is 28.6 Å². The summed E-state index contributed by atoms with van der Waals surface area (Å²) in [5.41, 5.74) is 5.13. The van der Waals surface area contributed by atoms with Gasteiger partial charge in [0.2, 0.25) is 5.91 Å². The van der Waals surface area contributed by atoms with E-state index < -0.39 is 0 Å². The second kappa shape index (κ2) is 13.1. The molecule has 2 fully saturated rings. The Kier molecular flexibility index (Phi) is 9.08. The zero-order chi connectivity index (χ0) is 29.1. The van der Waals surface area contributed by atoms with Crippen molar-refractivity contribution in [2.24, 2.45) is 0 Å². The Morgan fingerprint density at radius 1 is 1.14 bits per heavy atom. The molecule has 4 heterocycles. The molecule has 1 aromatic carbocycles. The van der Waals surface area contributed by atoms with Crippen molar-refractivity contribution in [1.82, 2.24) is 24.7 Å². The Morgan fingerprint density at radius 2 is 2.00 bits per heavy atom. The van der Waals surface area contributed by atoms with E-state index in [1.165, 1.54) is 35.6 Å². The number of hydrogen-bond donors (Lipinski definition) is 0. The number of hydrogen-bond acceptors (Lipinski definition) is 8. The van der Waals surface area contributed by atoms with Crippen LogP contribution >= 0.6 is 15.9 Å². The van der Waals surface area contributed by atoms with Gasteiger partial charge in [0.1, 0.15) is 12.4 Å². The summed E-state index contributed by atoms with van der Waals surface area (Å²) in [6.07, 6.45) is 8.02. The molecule has 10 heteroatoms. The fourth-order valence-electron chi connectivity index (χ4n) is 7.06. The standard InChI is InChI=1S/C32H40BrN7O2/c1-2-30(41)40-16-15-39(22-27(40)9-11-34)31-28-8-7-26(38-14-10-23-19-25(33)6-5-24(23)21-38)20-29(28)35-32(36-31)42-18-17-37-12-3-4-13-37/h2,5-6,19,26-27H,1,3-4,7-10,12-18,20-22H2. The molecule has 0 N–H and O–H groups in total. The van der Waals surface area contributed by atoms with E-state index >= 15 is 0 Å². The Bertz CT molecular complexity index is 1360. The van der Waals surface area contributed by atoms with Crippen LogP contribution in [0.1, 0.15) is 48.1 Å². The van der Waals surface area contributed by atoms with E-state index in [4.69, 9.17) is 14.7 Å². The maximum atomic E-state index is 12.5. The molecule has 3 aliphatic heterocycles. The van der Waals surface area contributed by atoms with Crippen molar-refractivity contribution < 1.29 is 9.53 Å². The minimum Gasteiger partial charge on any atom is -0.462 e. The lowest BCUT2D eigenvalue weighted by molar-refractivity contribution is -0.128. The molecule has 0 radical (unpaired) electrons. The highest BCUT2D eigenvalue weighted by molar-refractivity contribution is 9.10. The van der Waals surface area contributed by atoms with Gasteiger partial charge in [-0.15, -0.1) is 0 Å². The van der Waals surface area contributed by atoms with Crippen molar-refractivity contribution in [3.05, 3.63) is 57.7 Å². The molecular formula is C32H40BrN7O2. The number of halogens is 1. The maximum Gasteiger partial charge on any atom is 0.318 e. The van der Waals surface area contributed by atoms with Crippen LogP contribution in [0.3, 0.4) is 0 Å². The predicted molar refractivity (Wildman–Crippen MR) is 165 cm³/mol. The molecule has 1 aromatic heterocycles. The molecule has 2 unspecified atom stereocenters. The Balaban J connectivity index is 1.24. The number of amides is 1. The Morgan fingerprint density at radius 3 is 2.81 bits per heavy atom. The smallest absolute Gasteiger partial charge is 0.318 e. The van der Waals surface area contributed by atoms with Gasteiger partial charge >= 0.3 is 6.01 Å². The second-order valence-electron chi connectivity index (χ2n) is 11.9. The molecule has 9 nitrogen and oxygen atoms in total. The Hall–Kier alpha value is -3.00. The maximum absolute atomic E-state index is 12.5. The number of aromatic nitrogens is 2. The van der Waals surface area contributed by atoms with Crippen molar-refractivity contribution in [3.63, 3.8) is 0 Å². The van der Waals surface area contributed by atoms with Crippen molar-refractivity contribution in [2.75, 3.05) is 57.3 Å². The topological polar surface area (TPSA) is 88.8 Å². The lowest BCUT2D eigenvalue weighted by Crippen LogP contribution is -2.55. The molecule has 0 bridgehead atoms. The van der Waals surface area contributed by atoms with Gasteiger partial charge in [-0.2, -0.15) is 15.2 Å². The predicted octanol–water partition coefficient (Wildman–Crippen LogP) is 3.75. The summed E-state index contributed by atoms with van der Waals surface area (Å²) in [5.74, 6) is 0.793. The molecular weight excluding hydrogens is 594 g/mol. The molecule has 1 aliphatic carbocycles. The number of carbonyl (C=O) groups is 1. The summed E-state index contributed by atoms with van der Waals surface area (Å²) in [7, 11) is 0. The van der Waals surface area contributed by atoms with Gasteiger partial charge in [0.25, 0.3) is 0 Å². The molecule has 6 rings (SSSR count). The lowest BCUT2D eigenvalue weighted by Gasteiger charge is -2.42. The Labute approximate surface area is 257 Å². The molecule has 1 amide bonds. The van der Waals surface area contributed by atoms with Crippen LogP contribution in [0.2, 0.25) is 0 Å². The highest BCUT2D eigenvalue weighted by Crippen LogP contribution is 2.35. The molecule has 0 saturated carbocycles.